The summed E-state index contributed by atoms with van der Waals surface area (Å²) in [6.07, 6.45) is 5.02. The molecule has 0 aliphatic carbocycles. The van der Waals surface area contributed by atoms with E-state index in [-0.39, 0.29) is 12.0 Å². The summed E-state index contributed by atoms with van der Waals surface area (Å²) in [5, 5.41) is 4.10. The highest BCUT2D eigenvalue weighted by molar-refractivity contribution is 5.17. The zero-order valence-corrected chi connectivity index (χ0v) is 15.9. The molecular formula is C19H29N5O. The van der Waals surface area contributed by atoms with Gasteiger partial charge in [0.2, 0.25) is 5.89 Å². The number of hydrogen-bond acceptors (Lipinski definition) is 6. The Balaban J connectivity index is 1.69. The van der Waals surface area contributed by atoms with Crippen LogP contribution >= 0.6 is 0 Å². The van der Waals surface area contributed by atoms with Crippen LogP contribution in [0.5, 0.6) is 0 Å². The van der Waals surface area contributed by atoms with E-state index in [0.29, 0.717) is 17.9 Å². The zero-order valence-electron chi connectivity index (χ0n) is 15.9. The van der Waals surface area contributed by atoms with Crippen molar-refractivity contribution in [1.29, 1.82) is 0 Å². The largest absolute Gasteiger partial charge is 0.338 e. The minimum atomic E-state index is 0.112. The Morgan fingerprint density at radius 1 is 1.36 bits per heavy atom. The fourth-order valence-electron chi connectivity index (χ4n) is 3.66. The van der Waals surface area contributed by atoms with Gasteiger partial charge in [-0.15, -0.1) is 0 Å². The Kier molecular flexibility index (Phi) is 5.49. The smallest absolute Gasteiger partial charge is 0.243 e. The third kappa shape index (κ3) is 3.90. The van der Waals surface area contributed by atoms with E-state index in [9.17, 15) is 0 Å². The van der Waals surface area contributed by atoms with Crippen molar-refractivity contribution in [2.24, 2.45) is 5.92 Å². The highest BCUT2D eigenvalue weighted by Crippen LogP contribution is 2.37. The molecule has 0 aromatic carbocycles. The van der Waals surface area contributed by atoms with Gasteiger partial charge in [-0.1, -0.05) is 25.1 Å². The van der Waals surface area contributed by atoms with E-state index in [1.54, 1.807) is 0 Å². The maximum Gasteiger partial charge on any atom is 0.243 e. The SMILES string of the molecule is CC(C)c1noc([C@H](C)N(C)C[C@@H]2CCN(C)[C@H]2c2cccnc2)n1. The molecule has 1 fully saturated rings. The van der Waals surface area contributed by atoms with Gasteiger partial charge in [-0.3, -0.25) is 14.8 Å². The van der Waals surface area contributed by atoms with Crippen molar-refractivity contribution < 1.29 is 4.52 Å². The van der Waals surface area contributed by atoms with E-state index in [1.165, 1.54) is 12.0 Å². The Hall–Kier alpha value is -1.79. The maximum atomic E-state index is 5.48. The van der Waals surface area contributed by atoms with Gasteiger partial charge in [0.25, 0.3) is 0 Å². The summed E-state index contributed by atoms with van der Waals surface area (Å²) in [6.45, 7) is 8.40. The number of hydrogen-bond donors (Lipinski definition) is 0. The molecule has 2 aromatic rings. The molecule has 1 saturated heterocycles. The second-order valence-electron chi connectivity index (χ2n) is 7.52. The monoisotopic (exact) mass is 343 g/mol. The fourth-order valence-corrected chi connectivity index (χ4v) is 3.66. The number of rotatable bonds is 6. The summed E-state index contributed by atoms with van der Waals surface area (Å²) in [5.74, 6) is 2.34. The minimum absolute atomic E-state index is 0.112. The van der Waals surface area contributed by atoms with E-state index in [4.69, 9.17) is 4.52 Å². The molecule has 0 bridgehead atoms. The number of pyridine rings is 1. The second-order valence-corrected chi connectivity index (χ2v) is 7.52. The van der Waals surface area contributed by atoms with Gasteiger partial charge >= 0.3 is 0 Å². The molecule has 3 atom stereocenters. The quantitative estimate of drug-likeness (QED) is 0.802. The minimum Gasteiger partial charge on any atom is -0.338 e. The molecule has 136 valence electrons. The van der Waals surface area contributed by atoms with Crippen LogP contribution in [-0.2, 0) is 0 Å². The topological polar surface area (TPSA) is 58.3 Å². The van der Waals surface area contributed by atoms with Crippen molar-refractivity contribution in [3.63, 3.8) is 0 Å². The van der Waals surface area contributed by atoms with Gasteiger partial charge in [0.1, 0.15) is 0 Å². The van der Waals surface area contributed by atoms with Gasteiger partial charge in [-0.2, -0.15) is 4.98 Å². The lowest BCUT2D eigenvalue weighted by molar-refractivity contribution is 0.162. The van der Waals surface area contributed by atoms with Gasteiger partial charge in [0, 0.05) is 30.9 Å². The van der Waals surface area contributed by atoms with Crippen LogP contribution in [0.4, 0.5) is 0 Å². The summed E-state index contributed by atoms with van der Waals surface area (Å²) < 4.78 is 5.48. The van der Waals surface area contributed by atoms with E-state index in [0.717, 1.165) is 18.9 Å². The molecule has 0 N–H and O–H groups in total. The molecule has 2 aromatic heterocycles. The van der Waals surface area contributed by atoms with E-state index in [2.05, 4.69) is 65.9 Å². The van der Waals surface area contributed by atoms with Gasteiger partial charge in [-0.25, -0.2) is 0 Å². The third-order valence-electron chi connectivity index (χ3n) is 5.31. The van der Waals surface area contributed by atoms with Crippen LogP contribution in [0, 0.1) is 5.92 Å². The summed E-state index contributed by atoms with van der Waals surface area (Å²) in [7, 11) is 4.34. The summed E-state index contributed by atoms with van der Waals surface area (Å²) in [5.41, 5.74) is 1.30. The normalized spacial score (nSPS) is 22.8. The molecule has 25 heavy (non-hydrogen) atoms. The Bertz CT molecular complexity index is 671. The van der Waals surface area contributed by atoms with Crippen LogP contribution in [0.2, 0.25) is 0 Å². The summed E-state index contributed by atoms with van der Waals surface area (Å²) in [4.78, 5) is 13.6. The molecule has 3 heterocycles. The first-order valence-electron chi connectivity index (χ1n) is 9.11. The van der Waals surface area contributed by atoms with E-state index >= 15 is 0 Å². The average Bonchev–Trinajstić information content (AvgIpc) is 3.22. The lowest BCUT2D eigenvalue weighted by atomic mass is 9.94. The molecule has 1 aliphatic heterocycles. The van der Waals surface area contributed by atoms with Crippen molar-refractivity contribution in [3.8, 4) is 0 Å². The van der Waals surface area contributed by atoms with Crippen molar-refractivity contribution in [2.45, 2.75) is 45.2 Å². The van der Waals surface area contributed by atoms with Gasteiger partial charge in [-0.05, 0) is 51.5 Å². The van der Waals surface area contributed by atoms with Crippen LogP contribution in [0.1, 0.15) is 62.5 Å². The zero-order chi connectivity index (χ0) is 18.0. The summed E-state index contributed by atoms with van der Waals surface area (Å²) in [6, 6.07) is 4.73. The molecular weight excluding hydrogens is 314 g/mol. The molecule has 0 radical (unpaired) electrons. The third-order valence-corrected chi connectivity index (χ3v) is 5.31. The first-order valence-corrected chi connectivity index (χ1v) is 9.11. The highest BCUT2D eigenvalue weighted by Gasteiger charge is 2.35. The van der Waals surface area contributed by atoms with Crippen molar-refractivity contribution in [2.75, 3.05) is 27.2 Å². The van der Waals surface area contributed by atoms with Gasteiger partial charge < -0.3 is 4.52 Å². The number of aromatic nitrogens is 3. The summed E-state index contributed by atoms with van der Waals surface area (Å²) >= 11 is 0. The van der Waals surface area contributed by atoms with Crippen LogP contribution in [0.15, 0.2) is 29.0 Å². The standard InChI is InChI=1S/C19H29N5O/c1-13(2)18-21-19(25-22-18)14(3)24(5)12-16-8-10-23(4)17(16)15-7-6-9-20-11-15/h6-7,9,11,13-14,16-17H,8,10,12H2,1-5H3/t14-,16-,17-/m0/s1. The molecule has 0 amide bonds. The predicted molar refractivity (Wildman–Crippen MR) is 97.1 cm³/mol. The lowest BCUT2D eigenvalue weighted by Crippen LogP contribution is -2.32. The predicted octanol–water partition coefficient (Wildman–Crippen LogP) is 3.27. The molecule has 0 saturated carbocycles. The van der Waals surface area contributed by atoms with Crippen LogP contribution in [0.25, 0.3) is 0 Å². The second kappa shape index (κ2) is 7.62. The fraction of sp³-hybridized carbons (Fsp3) is 0.632. The van der Waals surface area contributed by atoms with Gasteiger partial charge in [0.15, 0.2) is 5.82 Å². The van der Waals surface area contributed by atoms with Crippen LogP contribution in [-0.4, -0.2) is 52.1 Å². The first-order chi connectivity index (χ1) is 12.0. The van der Waals surface area contributed by atoms with Gasteiger partial charge in [0.05, 0.1) is 6.04 Å². The molecule has 0 spiro atoms. The van der Waals surface area contributed by atoms with E-state index < -0.39 is 0 Å². The molecule has 1 aliphatic rings. The number of nitrogens with zero attached hydrogens (tertiary/aromatic N) is 5. The number of likely N-dealkylation sites (tertiary alicyclic amines) is 1. The van der Waals surface area contributed by atoms with Crippen molar-refractivity contribution >= 4 is 0 Å². The van der Waals surface area contributed by atoms with Crippen molar-refractivity contribution in [1.82, 2.24) is 24.9 Å². The lowest BCUT2D eigenvalue weighted by Gasteiger charge is -2.30. The Morgan fingerprint density at radius 2 is 2.16 bits per heavy atom. The van der Waals surface area contributed by atoms with Crippen molar-refractivity contribution in [3.05, 3.63) is 41.8 Å². The van der Waals surface area contributed by atoms with Crippen LogP contribution in [0.3, 0.4) is 0 Å². The molecule has 6 heteroatoms. The Labute approximate surface area is 150 Å². The molecule has 3 rings (SSSR count). The molecule has 0 unspecified atom stereocenters. The maximum absolute atomic E-state index is 5.48. The molecule has 6 nitrogen and oxygen atoms in total. The Morgan fingerprint density at radius 3 is 2.80 bits per heavy atom. The highest BCUT2D eigenvalue weighted by atomic mass is 16.5. The first kappa shape index (κ1) is 18.0. The van der Waals surface area contributed by atoms with Crippen LogP contribution < -0.4 is 0 Å². The van der Waals surface area contributed by atoms with E-state index in [1.807, 2.05) is 18.5 Å². The average molecular weight is 343 g/mol.